The first-order valence-corrected chi connectivity index (χ1v) is 9.08. The second-order valence-electron chi connectivity index (χ2n) is 6.83. The molecule has 1 fully saturated rings. The third-order valence-corrected chi connectivity index (χ3v) is 4.79. The highest BCUT2D eigenvalue weighted by Crippen LogP contribution is 2.39. The van der Waals surface area contributed by atoms with Crippen molar-refractivity contribution in [3.63, 3.8) is 0 Å². The number of para-hydroxylation sites is 1. The molecule has 0 saturated heterocycles. The monoisotopic (exact) mass is 378 g/mol. The molecule has 2 atom stereocenters. The lowest BCUT2D eigenvalue weighted by molar-refractivity contribution is -0.138. The zero-order valence-electron chi connectivity index (χ0n) is 15.0. The summed E-state index contributed by atoms with van der Waals surface area (Å²) in [6.45, 7) is 0.380. The Morgan fingerprint density at radius 2 is 1.68 bits per heavy atom. The van der Waals surface area contributed by atoms with E-state index in [4.69, 9.17) is 14.6 Å². The van der Waals surface area contributed by atoms with Crippen molar-refractivity contribution in [2.75, 3.05) is 6.61 Å². The van der Waals surface area contributed by atoms with Crippen molar-refractivity contribution in [2.24, 2.45) is 11.8 Å². The maximum absolute atomic E-state index is 14.3. The van der Waals surface area contributed by atoms with Gasteiger partial charge in [0.05, 0.1) is 12.5 Å². The highest BCUT2D eigenvalue weighted by atomic mass is 19.1. The molecule has 1 saturated carbocycles. The fourth-order valence-corrected chi connectivity index (χ4v) is 3.08. The van der Waals surface area contributed by atoms with E-state index in [1.54, 1.807) is 36.4 Å². The summed E-state index contributed by atoms with van der Waals surface area (Å²) >= 11 is 0. The van der Waals surface area contributed by atoms with Gasteiger partial charge >= 0.3 is 5.97 Å². The van der Waals surface area contributed by atoms with Gasteiger partial charge in [0.15, 0.2) is 0 Å². The molecule has 0 spiro atoms. The van der Waals surface area contributed by atoms with Crippen LogP contribution in [0.1, 0.15) is 6.42 Å². The van der Waals surface area contributed by atoms with Gasteiger partial charge in [-0.2, -0.15) is 0 Å². The third kappa shape index (κ3) is 4.14. The van der Waals surface area contributed by atoms with Crippen molar-refractivity contribution in [1.29, 1.82) is 0 Å². The van der Waals surface area contributed by atoms with Crippen LogP contribution in [-0.2, 0) is 4.79 Å². The molecule has 3 aromatic rings. The maximum Gasteiger partial charge on any atom is 0.306 e. The molecular weight excluding hydrogens is 359 g/mol. The molecule has 1 aliphatic rings. The van der Waals surface area contributed by atoms with E-state index in [2.05, 4.69) is 0 Å². The van der Waals surface area contributed by atoms with Crippen LogP contribution < -0.4 is 9.47 Å². The van der Waals surface area contributed by atoms with Crippen LogP contribution in [0.4, 0.5) is 4.39 Å². The summed E-state index contributed by atoms with van der Waals surface area (Å²) < 4.78 is 25.8. The Morgan fingerprint density at radius 1 is 0.964 bits per heavy atom. The predicted molar refractivity (Wildman–Crippen MR) is 103 cm³/mol. The molecule has 0 amide bonds. The smallest absolute Gasteiger partial charge is 0.306 e. The lowest BCUT2D eigenvalue weighted by atomic mass is 10.0. The van der Waals surface area contributed by atoms with E-state index in [9.17, 15) is 9.18 Å². The fourth-order valence-electron chi connectivity index (χ4n) is 3.08. The molecule has 0 bridgehead atoms. The molecule has 4 nitrogen and oxygen atoms in total. The van der Waals surface area contributed by atoms with E-state index in [1.165, 1.54) is 6.07 Å². The molecule has 0 aromatic heterocycles. The largest absolute Gasteiger partial charge is 0.493 e. The van der Waals surface area contributed by atoms with Crippen LogP contribution in [0.25, 0.3) is 11.1 Å². The molecule has 0 unspecified atom stereocenters. The Bertz CT molecular complexity index is 970. The average Bonchev–Trinajstić information content (AvgIpc) is 3.49. The number of benzene rings is 3. The molecule has 3 aromatic carbocycles. The quantitative estimate of drug-likeness (QED) is 0.599. The first-order chi connectivity index (χ1) is 13.6. The number of carbonyl (C=O) groups is 1. The Hall–Kier alpha value is -3.34. The number of ether oxygens (including phenoxy) is 2. The van der Waals surface area contributed by atoms with Crippen LogP contribution in [0, 0.1) is 17.7 Å². The molecule has 0 aliphatic heterocycles. The number of hydrogen-bond acceptors (Lipinski definition) is 3. The number of halogens is 1. The number of rotatable bonds is 7. The number of hydrogen-bond donors (Lipinski definition) is 1. The maximum atomic E-state index is 14.3. The molecule has 0 radical (unpaired) electrons. The highest BCUT2D eigenvalue weighted by Gasteiger charge is 2.43. The van der Waals surface area contributed by atoms with Crippen molar-refractivity contribution < 1.29 is 23.8 Å². The summed E-state index contributed by atoms with van der Waals surface area (Å²) in [5.74, 6) is 0.548. The number of aliphatic carboxylic acids is 1. The van der Waals surface area contributed by atoms with E-state index >= 15 is 0 Å². The van der Waals surface area contributed by atoms with E-state index in [-0.39, 0.29) is 17.7 Å². The average molecular weight is 378 g/mol. The van der Waals surface area contributed by atoms with E-state index in [0.29, 0.717) is 41.4 Å². The van der Waals surface area contributed by atoms with Gasteiger partial charge in [-0.3, -0.25) is 4.79 Å². The number of carboxylic acids is 1. The molecule has 4 rings (SSSR count). The molecule has 0 heterocycles. The second kappa shape index (κ2) is 7.72. The first kappa shape index (κ1) is 18.0. The highest BCUT2D eigenvalue weighted by molar-refractivity contribution is 5.73. The van der Waals surface area contributed by atoms with Gasteiger partial charge in [-0.1, -0.05) is 30.3 Å². The van der Waals surface area contributed by atoms with Gasteiger partial charge in [0.1, 0.15) is 23.1 Å². The van der Waals surface area contributed by atoms with Crippen LogP contribution in [0.15, 0.2) is 72.8 Å². The number of carboxylic acid groups (broad SMARTS) is 1. The molecule has 28 heavy (non-hydrogen) atoms. The summed E-state index contributed by atoms with van der Waals surface area (Å²) in [5.41, 5.74) is 1.14. The normalized spacial score (nSPS) is 17.8. The Kier molecular flexibility index (Phi) is 4.98. The Morgan fingerprint density at radius 3 is 2.36 bits per heavy atom. The first-order valence-electron chi connectivity index (χ1n) is 9.08. The molecule has 5 heteroatoms. The van der Waals surface area contributed by atoms with Gasteiger partial charge < -0.3 is 14.6 Å². The predicted octanol–water partition coefficient (Wildman–Crippen LogP) is 5.38. The van der Waals surface area contributed by atoms with Crippen LogP contribution in [0.2, 0.25) is 0 Å². The zero-order valence-corrected chi connectivity index (χ0v) is 15.0. The van der Waals surface area contributed by atoms with Gasteiger partial charge in [-0.25, -0.2) is 4.39 Å². The van der Waals surface area contributed by atoms with Gasteiger partial charge in [0.25, 0.3) is 0 Å². The molecule has 1 aliphatic carbocycles. The van der Waals surface area contributed by atoms with Crippen molar-refractivity contribution in [3.8, 4) is 28.4 Å². The summed E-state index contributed by atoms with van der Waals surface area (Å²) in [4.78, 5) is 10.9. The zero-order chi connectivity index (χ0) is 19.5. The summed E-state index contributed by atoms with van der Waals surface area (Å²) in [5, 5.41) is 8.92. The SMILES string of the molecule is O=C(O)[C@@H]1C[C@H]1COc1ccc(-c2cc(Oc3ccccc3)ccc2F)cc1. The van der Waals surface area contributed by atoms with Gasteiger partial charge in [0.2, 0.25) is 0 Å². The lowest BCUT2D eigenvalue weighted by Crippen LogP contribution is -2.06. The fraction of sp³-hybridized carbons (Fsp3) is 0.174. The Balaban J connectivity index is 1.45. The summed E-state index contributed by atoms with van der Waals surface area (Å²) in [6.07, 6.45) is 0.660. The van der Waals surface area contributed by atoms with Crippen molar-refractivity contribution in [3.05, 3.63) is 78.6 Å². The van der Waals surface area contributed by atoms with E-state index in [1.807, 2.05) is 30.3 Å². The molecule has 142 valence electrons. The van der Waals surface area contributed by atoms with Crippen LogP contribution in [-0.4, -0.2) is 17.7 Å². The summed E-state index contributed by atoms with van der Waals surface area (Å²) in [7, 11) is 0. The third-order valence-electron chi connectivity index (χ3n) is 4.79. The van der Waals surface area contributed by atoms with Crippen molar-refractivity contribution in [2.45, 2.75) is 6.42 Å². The molecule has 1 N–H and O–H groups in total. The van der Waals surface area contributed by atoms with E-state index < -0.39 is 5.97 Å². The van der Waals surface area contributed by atoms with Gasteiger partial charge in [0, 0.05) is 11.5 Å². The Labute approximate surface area is 162 Å². The van der Waals surface area contributed by atoms with Gasteiger partial charge in [-0.05, 0) is 54.4 Å². The molecular formula is C23H19FO4. The topological polar surface area (TPSA) is 55.8 Å². The van der Waals surface area contributed by atoms with Gasteiger partial charge in [-0.15, -0.1) is 0 Å². The van der Waals surface area contributed by atoms with Crippen molar-refractivity contribution >= 4 is 5.97 Å². The van der Waals surface area contributed by atoms with Crippen LogP contribution in [0.5, 0.6) is 17.2 Å². The minimum atomic E-state index is -0.767. The minimum Gasteiger partial charge on any atom is -0.493 e. The minimum absolute atomic E-state index is 0.0708. The standard InChI is InChI=1S/C23H19FO4/c24-22-11-10-19(28-18-4-2-1-3-5-18)13-20(22)15-6-8-17(9-7-15)27-14-16-12-21(16)23(25)26/h1-11,13,16,21H,12,14H2,(H,25,26)/t16-,21+/m0/s1. The second-order valence-corrected chi connectivity index (χ2v) is 6.83. The lowest BCUT2D eigenvalue weighted by Gasteiger charge is -2.10. The summed E-state index contributed by atoms with van der Waals surface area (Å²) in [6, 6.07) is 21.1. The van der Waals surface area contributed by atoms with Crippen LogP contribution >= 0.6 is 0 Å². The van der Waals surface area contributed by atoms with Crippen LogP contribution in [0.3, 0.4) is 0 Å². The van der Waals surface area contributed by atoms with E-state index in [0.717, 1.165) is 0 Å². The van der Waals surface area contributed by atoms with Crippen molar-refractivity contribution in [1.82, 2.24) is 0 Å².